The third-order valence-corrected chi connectivity index (χ3v) is 2.25. The van der Waals surface area contributed by atoms with Crippen LogP contribution in [0.4, 0.5) is 13.2 Å². The van der Waals surface area contributed by atoms with Gasteiger partial charge in [-0.05, 0) is 12.5 Å². The molecule has 0 fully saturated rings. The fourth-order valence-corrected chi connectivity index (χ4v) is 1.36. The van der Waals surface area contributed by atoms with Crippen LogP contribution in [-0.4, -0.2) is 24.8 Å². The Hall–Kier alpha value is -2.11. The molecule has 102 valence electrons. The van der Waals surface area contributed by atoms with Gasteiger partial charge in [0.1, 0.15) is 12.8 Å². The van der Waals surface area contributed by atoms with Gasteiger partial charge in [0.2, 0.25) is 5.78 Å². The highest BCUT2D eigenvalue weighted by molar-refractivity contribution is 6.44. The maximum atomic E-state index is 12.9. The first-order chi connectivity index (χ1) is 8.86. The summed E-state index contributed by atoms with van der Waals surface area (Å²) in [6.45, 7) is 1.28. The van der Waals surface area contributed by atoms with E-state index in [2.05, 4.69) is 9.99 Å². The van der Waals surface area contributed by atoms with Crippen LogP contribution >= 0.6 is 0 Å². The lowest BCUT2D eigenvalue weighted by Crippen LogP contribution is -2.15. The molecule has 0 bridgehead atoms. The Labute approximate surface area is 108 Å². The average Bonchev–Trinajstić information content (AvgIpc) is 2.35. The van der Waals surface area contributed by atoms with Crippen molar-refractivity contribution >= 4 is 17.1 Å². The van der Waals surface area contributed by atoms with Crippen molar-refractivity contribution in [1.29, 1.82) is 0 Å². The van der Waals surface area contributed by atoms with E-state index in [0.717, 1.165) is 0 Å². The number of halogens is 3. The van der Waals surface area contributed by atoms with E-state index in [1.807, 2.05) is 0 Å². The molecule has 0 saturated heterocycles. The molecule has 0 atom stereocenters. The van der Waals surface area contributed by atoms with Crippen LogP contribution in [-0.2, 0) is 9.63 Å². The van der Waals surface area contributed by atoms with Crippen LogP contribution in [0.25, 0.3) is 5.57 Å². The minimum atomic E-state index is -4.62. The molecule has 0 heterocycles. The van der Waals surface area contributed by atoms with Gasteiger partial charge in [0.05, 0.1) is 5.57 Å². The first-order valence-electron chi connectivity index (χ1n) is 5.32. The molecule has 0 amide bonds. The van der Waals surface area contributed by atoms with Gasteiger partial charge in [0, 0.05) is 6.08 Å². The second kappa shape index (κ2) is 6.17. The monoisotopic (exact) mass is 271 g/mol. The number of hydrogen-bond donors (Lipinski definition) is 0. The van der Waals surface area contributed by atoms with Crippen LogP contribution in [0.3, 0.4) is 0 Å². The van der Waals surface area contributed by atoms with Crippen molar-refractivity contribution in [2.24, 2.45) is 5.16 Å². The van der Waals surface area contributed by atoms with E-state index in [4.69, 9.17) is 0 Å². The van der Waals surface area contributed by atoms with Crippen molar-refractivity contribution in [2.45, 2.75) is 13.1 Å². The smallest absolute Gasteiger partial charge is 0.399 e. The molecule has 0 radical (unpaired) electrons. The minimum Gasteiger partial charge on any atom is -0.399 e. The van der Waals surface area contributed by atoms with E-state index in [0.29, 0.717) is 6.08 Å². The average molecular weight is 271 g/mol. The summed E-state index contributed by atoms with van der Waals surface area (Å²) in [5, 5.41) is 3.31. The predicted octanol–water partition coefficient (Wildman–Crippen LogP) is 3.22. The molecule has 6 heteroatoms. The van der Waals surface area contributed by atoms with Gasteiger partial charge in [-0.1, -0.05) is 35.5 Å². The second-order valence-electron chi connectivity index (χ2n) is 3.65. The summed E-state index contributed by atoms with van der Waals surface area (Å²) in [5.41, 5.74) is -1.24. The van der Waals surface area contributed by atoms with Crippen LogP contribution in [0.1, 0.15) is 12.5 Å². The molecule has 0 saturated carbocycles. The molecular weight excluding hydrogens is 259 g/mol. The molecule has 0 aromatic heterocycles. The van der Waals surface area contributed by atoms with E-state index in [1.54, 1.807) is 6.07 Å². The first kappa shape index (κ1) is 14.9. The molecule has 1 aromatic carbocycles. The normalized spacial score (nSPS) is 13.3. The van der Waals surface area contributed by atoms with Gasteiger partial charge in [0.15, 0.2) is 0 Å². The highest BCUT2D eigenvalue weighted by Crippen LogP contribution is 2.33. The quantitative estimate of drug-likeness (QED) is 0.479. The molecular formula is C13H12F3NO2. The Morgan fingerprint density at radius 1 is 1.26 bits per heavy atom. The Morgan fingerprint density at radius 3 is 2.32 bits per heavy atom. The summed E-state index contributed by atoms with van der Waals surface area (Å²) in [5.74, 6) is -0.849. The number of carbonyl (C=O) groups excluding carboxylic acids is 1. The van der Waals surface area contributed by atoms with E-state index in [1.165, 1.54) is 38.3 Å². The van der Waals surface area contributed by atoms with Gasteiger partial charge in [-0.3, -0.25) is 4.79 Å². The molecule has 0 unspecified atom stereocenters. The highest BCUT2D eigenvalue weighted by Gasteiger charge is 2.35. The van der Waals surface area contributed by atoms with Crippen molar-refractivity contribution < 1.29 is 22.8 Å². The molecule has 0 aliphatic carbocycles. The van der Waals surface area contributed by atoms with Crippen molar-refractivity contribution in [1.82, 2.24) is 0 Å². The van der Waals surface area contributed by atoms with Crippen LogP contribution in [0.5, 0.6) is 0 Å². The third kappa shape index (κ3) is 4.24. The van der Waals surface area contributed by atoms with Crippen molar-refractivity contribution in [3.05, 3.63) is 42.0 Å². The van der Waals surface area contributed by atoms with Crippen molar-refractivity contribution in [3.8, 4) is 0 Å². The maximum absolute atomic E-state index is 12.9. The zero-order valence-electron chi connectivity index (χ0n) is 10.4. The van der Waals surface area contributed by atoms with Crippen molar-refractivity contribution in [2.75, 3.05) is 7.11 Å². The largest absolute Gasteiger partial charge is 0.417 e. The number of ketones is 1. The van der Waals surface area contributed by atoms with Gasteiger partial charge >= 0.3 is 6.18 Å². The Bertz CT molecular complexity index is 504. The molecule has 0 aliphatic rings. The number of benzene rings is 1. The topological polar surface area (TPSA) is 38.7 Å². The molecule has 0 spiro atoms. The number of nitrogens with zero attached hydrogens (tertiary/aromatic N) is 1. The Balaban J connectivity index is 3.20. The standard InChI is InChI=1S/C13H12F3NO2/c1-9(17-19-2)12(18)8-11(13(14,15)16)10-6-4-3-5-7-10/h3-8H,1-2H3/b11-8+,17-9+. The molecule has 3 nitrogen and oxygen atoms in total. The number of allylic oxidation sites excluding steroid dienone is 2. The number of rotatable bonds is 4. The number of oxime groups is 1. The fraction of sp³-hybridized carbons (Fsp3) is 0.231. The molecule has 1 aromatic rings. The number of alkyl halides is 3. The SMILES string of the molecule is CO/N=C(\C)C(=O)/C=C(\c1ccccc1)C(F)(F)F. The summed E-state index contributed by atoms with van der Waals surface area (Å²) in [6, 6.07) is 7.10. The van der Waals surface area contributed by atoms with Gasteiger partial charge in [-0.2, -0.15) is 13.2 Å². The van der Waals surface area contributed by atoms with E-state index >= 15 is 0 Å². The molecule has 19 heavy (non-hydrogen) atoms. The fourth-order valence-electron chi connectivity index (χ4n) is 1.36. The van der Waals surface area contributed by atoms with E-state index < -0.39 is 17.5 Å². The Morgan fingerprint density at radius 2 is 1.84 bits per heavy atom. The van der Waals surface area contributed by atoms with Gasteiger partial charge in [-0.15, -0.1) is 0 Å². The molecule has 0 aliphatic heterocycles. The van der Waals surface area contributed by atoms with Gasteiger partial charge < -0.3 is 4.84 Å². The lowest BCUT2D eigenvalue weighted by Gasteiger charge is -2.11. The summed E-state index contributed by atoms with van der Waals surface area (Å²) in [4.78, 5) is 15.9. The summed E-state index contributed by atoms with van der Waals surface area (Å²) in [6.07, 6.45) is -4.10. The van der Waals surface area contributed by atoms with E-state index in [-0.39, 0.29) is 11.3 Å². The maximum Gasteiger partial charge on any atom is 0.417 e. The zero-order valence-corrected chi connectivity index (χ0v) is 10.4. The van der Waals surface area contributed by atoms with Crippen molar-refractivity contribution in [3.63, 3.8) is 0 Å². The summed E-state index contributed by atoms with van der Waals surface area (Å²) >= 11 is 0. The molecule has 0 N–H and O–H groups in total. The number of carbonyl (C=O) groups is 1. The lowest BCUT2D eigenvalue weighted by atomic mass is 10.0. The number of hydrogen-bond acceptors (Lipinski definition) is 3. The van der Waals surface area contributed by atoms with Crippen LogP contribution in [0.2, 0.25) is 0 Å². The van der Waals surface area contributed by atoms with Gasteiger partial charge in [-0.25, -0.2) is 0 Å². The van der Waals surface area contributed by atoms with Gasteiger partial charge in [0.25, 0.3) is 0 Å². The summed E-state index contributed by atoms with van der Waals surface area (Å²) < 4.78 is 38.8. The first-order valence-corrected chi connectivity index (χ1v) is 5.32. The van der Waals surface area contributed by atoms with Crippen LogP contribution < -0.4 is 0 Å². The Kier molecular flexibility index (Phi) is 4.86. The lowest BCUT2D eigenvalue weighted by molar-refractivity contribution is -0.109. The second-order valence-corrected chi connectivity index (χ2v) is 3.65. The van der Waals surface area contributed by atoms with Crippen LogP contribution in [0.15, 0.2) is 41.6 Å². The summed E-state index contributed by atoms with van der Waals surface area (Å²) in [7, 11) is 1.21. The zero-order chi connectivity index (χ0) is 14.5. The van der Waals surface area contributed by atoms with E-state index in [9.17, 15) is 18.0 Å². The highest BCUT2D eigenvalue weighted by atomic mass is 19.4. The molecule has 1 rings (SSSR count). The third-order valence-electron chi connectivity index (χ3n) is 2.25. The minimum absolute atomic E-state index is 0.0754. The van der Waals surface area contributed by atoms with Crippen LogP contribution in [0, 0.1) is 0 Å². The predicted molar refractivity (Wildman–Crippen MR) is 65.6 cm³/mol.